The maximum Gasteiger partial charge on any atom is 0.224 e. The summed E-state index contributed by atoms with van der Waals surface area (Å²) in [5.74, 6) is 0.903. The van der Waals surface area contributed by atoms with Gasteiger partial charge in [-0.25, -0.2) is 0 Å². The lowest BCUT2D eigenvalue weighted by molar-refractivity contribution is -0.120. The monoisotopic (exact) mass is 305 g/mol. The summed E-state index contributed by atoms with van der Waals surface area (Å²) in [6.45, 7) is 6.37. The van der Waals surface area contributed by atoms with Crippen LogP contribution >= 0.6 is 0 Å². The molecule has 5 heteroatoms. The minimum Gasteiger partial charge on any atom is -0.497 e. The molecule has 0 radical (unpaired) electrons. The average molecular weight is 305 g/mol. The third kappa shape index (κ3) is 5.66. The number of hydrogen-bond donors (Lipinski definition) is 1. The largest absolute Gasteiger partial charge is 0.497 e. The molecule has 22 heavy (non-hydrogen) atoms. The van der Waals surface area contributed by atoms with Crippen molar-refractivity contribution < 1.29 is 9.53 Å². The van der Waals surface area contributed by atoms with Gasteiger partial charge in [0.1, 0.15) is 5.75 Å². The first-order valence-electron chi connectivity index (χ1n) is 7.98. The highest BCUT2D eigenvalue weighted by Crippen LogP contribution is 2.11. The summed E-state index contributed by atoms with van der Waals surface area (Å²) in [6.07, 6.45) is 1.44. The van der Waals surface area contributed by atoms with Crippen LogP contribution in [0.1, 0.15) is 12.0 Å². The second-order valence-electron chi connectivity index (χ2n) is 5.87. The van der Waals surface area contributed by atoms with Crippen LogP contribution in [0.3, 0.4) is 0 Å². The van der Waals surface area contributed by atoms with Crippen molar-refractivity contribution in [2.45, 2.75) is 12.8 Å². The number of likely N-dealkylation sites (N-methyl/N-ethyl adjacent to an activating group) is 1. The van der Waals surface area contributed by atoms with Crippen LogP contribution in [0, 0.1) is 0 Å². The molecule has 1 N–H and O–H groups in total. The number of ether oxygens (including phenoxy) is 1. The molecule has 1 saturated heterocycles. The van der Waals surface area contributed by atoms with E-state index in [4.69, 9.17) is 4.74 Å². The van der Waals surface area contributed by atoms with Gasteiger partial charge in [-0.15, -0.1) is 0 Å². The summed E-state index contributed by atoms with van der Waals surface area (Å²) in [4.78, 5) is 16.7. The minimum absolute atomic E-state index is 0.0866. The van der Waals surface area contributed by atoms with Crippen LogP contribution in [0.2, 0.25) is 0 Å². The van der Waals surface area contributed by atoms with Crippen molar-refractivity contribution in [2.75, 3.05) is 53.4 Å². The number of piperazine rings is 1. The number of nitrogens with zero attached hydrogens (tertiary/aromatic N) is 2. The van der Waals surface area contributed by atoms with Gasteiger partial charge in [-0.3, -0.25) is 4.79 Å². The SMILES string of the molecule is COc1ccc(CC(=O)NCCCN2CCN(C)CC2)cc1. The van der Waals surface area contributed by atoms with Crippen LogP contribution in [-0.2, 0) is 11.2 Å². The van der Waals surface area contributed by atoms with Gasteiger partial charge in [0.25, 0.3) is 0 Å². The maximum absolute atomic E-state index is 11.9. The number of carbonyl (C=O) groups is 1. The quantitative estimate of drug-likeness (QED) is 0.763. The molecule has 0 bridgehead atoms. The Morgan fingerprint density at radius 2 is 1.86 bits per heavy atom. The lowest BCUT2D eigenvalue weighted by atomic mass is 10.1. The van der Waals surface area contributed by atoms with Crippen molar-refractivity contribution in [3.05, 3.63) is 29.8 Å². The zero-order valence-electron chi connectivity index (χ0n) is 13.7. The second kappa shape index (κ2) is 8.76. The summed E-state index contributed by atoms with van der Waals surface area (Å²) in [5, 5.41) is 3.00. The molecule has 0 aliphatic carbocycles. The third-order valence-corrected chi connectivity index (χ3v) is 4.09. The van der Waals surface area contributed by atoms with Gasteiger partial charge in [-0.2, -0.15) is 0 Å². The fraction of sp³-hybridized carbons (Fsp3) is 0.588. The number of nitrogens with one attached hydrogen (secondary N) is 1. The van der Waals surface area contributed by atoms with E-state index in [-0.39, 0.29) is 5.91 Å². The summed E-state index contributed by atoms with van der Waals surface area (Å²) in [7, 11) is 3.80. The molecule has 1 aromatic rings. The first-order chi connectivity index (χ1) is 10.7. The molecule has 1 aliphatic rings. The predicted molar refractivity (Wildman–Crippen MR) is 88.3 cm³/mol. The molecule has 5 nitrogen and oxygen atoms in total. The highest BCUT2D eigenvalue weighted by Gasteiger charge is 2.12. The van der Waals surface area contributed by atoms with E-state index in [2.05, 4.69) is 22.2 Å². The molecule has 1 aliphatic heterocycles. The summed E-state index contributed by atoms with van der Waals surface area (Å²) in [6, 6.07) is 7.64. The summed E-state index contributed by atoms with van der Waals surface area (Å²) < 4.78 is 5.11. The average Bonchev–Trinajstić information content (AvgIpc) is 2.54. The first-order valence-corrected chi connectivity index (χ1v) is 7.98. The first kappa shape index (κ1) is 16.8. The van der Waals surface area contributed by atoms with Crippen molar-refractivity contribution in [2.24, 2.45) is 0 Å². The smallest absolute Gasteiger partial charge is 0.224 e. The van der Waals surface area contributed by atoms with Crippen molar-refractivity contribution >= 4 is 5.91 Å². The molecular formula is C17H27N3O2. The number of benzene rings is 1. The van der Waals surface area contributed by atoms with Crippen LogP contribution in [0.4, 0.5) is 0 Å². The van der Waals surface area contributed by atoms with Crippen molar-refractivity contribution in [1.29, 1.82) is 0 Å². The van der Waals surface area contributed by atoms with Crippen LogP contribution in [0.15, 0.2) is 24.3 Å². The summed E-state index contributed by atoms with van der Waals surface area (Å²) >= 11 is 0. The van der Waals surface area contributed by atoms with E-state index >= 15 is 0 Å². The van der Waals surface area contributed by atoms with Gasteiger partial charge in [-0.1, -0.05) is 12.1 Å². The number of rotatable bonds is 7. The Morgan fingerprint density at radius 3 is 2.50 bits per heavy atom. The Balaban J connectivity index is 1.59. The maximum atomic E-state index is 11.9. The molecule has 1 aromatic carbocycles. The van der Waals surface area contributed by atoms with Crippen molar-refractivity contribution in [3.8, 4) is 5.75 Å². The normalized spacial score (nSPS) is 16.5. The van der Waals surface area contributed by atoms with Gasteiger partial charge < -0.3 is 19.9 Å². The predicted octanol–water partition coefficient (Wildman–Crippen LogP) is 0.991. The lowest BCUT2D eigenvalue weighted by Crippen LogP contribution is -2.45. The van der Waals surface area contributed by atoms with E-state index in [1.165, 1.54) is 0 Å². The van der Waals surface area contributed by atoms with Gasteiger partial charge in [-0.05, 0) is 37.7 Å². The molecule has 0 unspecified atom stereocenters. The Kier molecular flexibility index (Phi) is 6.68. The molecule has 0 aromatic heterocycles. The van der Waals surface area contributed by atoms with Gasteiger partial charge in [0, 0.05) is 32.7 Å². The third-order valence-electron chi connectivity index (χ3n) is 4.09. The number of amides is 1. The molecule has 1 heterocycles. The van der Waals surface area contributed by atoms with Gasteiger partial charge >= 0.3 is 0 Å². The highest BCUT2D eigenvalue weighted by atomic mass is 16.5. The Hall–Kier alpha value is -1.59. The summed E-state index contributed by atoms with van der Waals surface area (Å²) in [5.41, 5.74) is 1.01. The zero-order chi connectivity index (χ0) is 15.8. The van der Waals surface area contributed by atoms with E-state index in [1.807, 2.05) is 24.3 Å². The van der Waals surface area contributed by atoms with Crippen LogP contribution in [-0.4, -0.2) is 69.1 Å². The molecule has 0 atom stereocenters. The van der Waals surface area contributed by atoms with Crippen LogP contribution in [0.25, 0.3) is 0 Å². The Morgan fingerprint density at radius 1 is 1.18 bits per heavy atom. The number of methoxy groups -OCH3 is 1. The Labute approximate surface area is 133 Å². The van der Waals surface area contributed by atoms with E-state index in [1.54, 1.807) is 7.11 Å². The fourth-order valence-electron chi connectivity index (χ4n) is 2.59. The fourth-order valence-corrected chi connectivity index (χ4v) is 2.59. The molecule has 1 amide bonds. The Bertz CT molecular complexity index is 453. The van der Waals surface area contributed by atoms with Crippen LogP contribution < -0.4 is 10.1 Å². The highest BCUT2D eigenvalue weighted by molar-refractivity contribution is 5.78. The van der Waals surface area contributed by atoms with Gasteiger partial charge in [0.05, 0.1) is 13.5 Å². The molecular weight excluding hydrogens is 278 g/mol. The molecule has 2 rings (SSSR count). The lowest BCUT2D eigenvalue weighted by Gasteiger charge is -2.32. The van der Waals surface area contributed by atoms with E-state index in [0.717, 1.165) is 57.0 Å². The van der Waals surface area contributed by atoms with Gasteiger partial charge in [0.15, 0.2) is 0 Å². The standard InChI is InChI=1S/C17H27N3O2/c1-19-10-12-20(13-11-19)9-3-8-18-17(21)14-15-4-6-16(22-2)7-5-15/h4-7H,3,8-14H2,1-2H3,(H,18,21). The molecule has 1 fully saturated rings. The van der Waals surface area contributed by atoms with E-state index in [9.17, 15) is 4.79 Å². The minimum atomic E-state index is 0.0866. The van der Waals surface area contributed by atoms with E-state index in [0.29, 0.717) is 6.42 Å². The van der Waals surface area contributed by atoms with Gasteiger partial charge in [0.2, 0.25) is 5.91 Å². The number of hydrogen-bond acceptors (Lipinski definition) is 4. The molecule has 122 valence electrons. The zero-order valence-corrected chi connectivity index (χ0v) is 13.7. The molecule has 0 saturated carbocycles. The molecule has 0 spiro atoms. The topological polar surface area (TPSA) is 44.8 Å². The second-order valence-corrected chi connectivity index (χ2v) is 5.87. The van der Waals surface area contributed by atoms with Crippen molar-refractivity contribution in [3.63, 3.8) is 0 Å². The van der Waals surface area contributed by atoms with Crippen LogP contribution in [0.5, 0.6) is 5.75 Å². The number of carbonyl (C=O) groups excluding carboxylic acids is 1. The van der Waals surface area contributed by atoms with Crippen molar-refractivity contribution in [1.82, 2.24) is 15.1 Å². The van der Waals surface area contributed by atoms with E-state index < -0.39 is 0 Å².